The number of hydrogen-bond donors (Lipinski definition) is 0. The lowest BCUT2D eigenvalue weighted by Crippen LogP contribution is -2.10. The molecule has 0 unspecified atom stereocenters. The van der Waals surface area contributed by atoms with Gasteiger partial charge in [0.15, 0.2) is 0 Å². The van der Waals surface area contributed by atoms with Gasteiger partial charge in [0.25, 0.3) is 0 Å². The molecule has 1 aromatic carbocycles. The summed E-state index contributed by atoms with van der Waals surface area (Å²) >= 11 is 0. The molecule has 15 heavy (non-hydrogen) atoms. The van der Waals surface area contributed by atoms with E-state index in [1.807, 2.05) is 0 Å². The van der Waals surface area contributed by atoms with Gasteiger partial charge in [0.05, 0.1) is 0 Å². The molecule has 0 aliphatic rings. The molecule has 0 atom stereocenters. The Hall–Kier alpha value is -0.563. The van der Waals surface area contributed by atoms with Crippen molar-refractivity contribution in [2.75, 3.05) is 0 Å². The molecule has 0 nitrogen and oxygen atoms in total. The number of hydrogen-bond acceptors (Lipinski definition) is 0. The maximum Gasteiger partial charge on any atom is 0.0416 e. The van der Waals surface area contributed by atoms with Crippen molar-refractivity contribution in [2.24, 2.45) is 0 Å². The molecule has 0 heterocycles. The fourth-order valence-electron chi connectivity index (χ4n) is 1.57. The molecule has 0 fully saturated rings. The second-order valence-corrected chi connectivity index (χ2v) is 8.57. The van der Waals surface area contributed by atoms with Gasteiger partial charge in [-0.05, 0) is 23.0 Å². The Bertz CT molecular complexity index is 290. The average molecular weight is 219 g/mol. The first-order chi connectivity index (χ1) is 6.89. The van der Waals surface area contributed by atoms with Gasteiger partial charge in [-0.2, -0.15) is 0 Å². The molecule has 0 saturated heterocycles. The van der Waals surface area contributed by atoms with Gasteiger partial charge < -0.3 is 0 Å². The van der Waals surface area contributed by atoms with E-state index in [0.717, 1.165) is 0 Å². The van der Waals surface area contributed by atoms with E-state index in [1.54, 1.807) is 0 Å². The predicted octanol–water partition coefficient (Wildman–Crippen LogP) is 4.28. The molecule has 0 N–H and O–H groups in total. The molecule has 0 aromatic heterocycles. The summed E-state index contributed by atoms with van der Waals surface area (Å²) in [5, 5.41) is 0. The van der Waals surface area contributed by atoms with Gasteiger partial charge in [0.1, 0.15) is 0 Å². The number of benzene rings is 1. The highest BCUT2D eigenvalue weighted by molar-refractivity contribution is 6.55. The summed E-state index contributed by atoms with van der Waals surface area (Å²) in [5.41, 5.74) is 3.21. The second kappa shape index (κ2) is 4.98. The van der Waals surface area contributed by atoms with Crippen LogP contribution < -0.4 is 0 Å². The smallest absolute Gasteiger partial charge is 0.0416 e. The average Bonchev–Trinajstić information content (AvgIpc) is 2.14. The maximum absolute atomic E-state index is 2.38. The highest BCUT2D eigenvalue weighted by Gasteiger charge is 2.12. The van der Waals surface area contributed by atoms with Crippen LogP contribution in [-0.4, -0.2) is 8.80 Å². The van der Waals surface area contributed by atoms with Gasteiger partial charge >= 0.3 is 0 Å². The van der Waals surface area contributed by atoms with E-state index in [-0.39, 0.29) is 14.2 Å². The van der Waals surface area contributed by atoms with Crippen LogP contribution in [0.2, 0.25) is 19.1 Å². The van der Waals surface area contributed by atoms with Gasteiger partial charge in [-0.15, -0.1) is 0 Å². The van der Waals surface area contributed by atoms with E-state index >= 15 is 0 Å². The van der Waals surface area contributed by atoms with E-state index in [9.17, 15) is 0 Å². The summed E-state index contributed by atoms with van der Waals surface area (Å²) in [6.45, 7) is 11.6. The SMILES string of the molecule is C[Si](C)CCc1ccc(C(C)(C)C)cc1. The van der Waals surface area contributed by atoms with Crippen LogP contribution in [0.25, 0.3) is 0 Å². The van der Waals surface area contributed by atoms with Crippen molar-refractivity contribution in [3.8, 4) is 0 Å². The maximum atomic E-state index is 2.38. The van der Waals surface area contributed by atoms with Crippen LogP contribution in [0.15, 0.2) is 24.3 Å². The minimum atomic E-state index is -0.0703. The van der Waals surface area contributed by atoms with Crippen LogP contribution >= 0.6 is 0 Å². The Balaban J connectivity index is 2.65. The van der Waals surface area contributed by atoms with Gasteiger partial charge in [-0.1, -0.05) is 64.2 Å². The van der Waals surface area contributed by atoms with E-state index in [1.165, 1.54) is 23.6 Å². The molecule has 0 spiro atoms. The highest BCUT2D eigenvalue weighted by atomic mass is 28.3. The minimum absolute atomic E-state index is 0.0703. The molecule has 0 aliphatic carbocycles. The van der Waals surface area contributed by atoms with Gasteiger partial charge in [-0.3, -0.25) is 0 Å². The molecule has 1 radical (unpaired) electrons. The van der Waals surface area contributed by atoms with Crippen molar-refractivity contribution < 1.29 is 0 Å². The van der Waals surface area contributed by atoms with Gasteiger partial charge in [0.2, 0.25) is 0 Å². The summed E-state index contributed by atoms with van der Waals surface area (Å²) < 4.78 is 0. The summed E-state index contributed by atoms with van der Waals surface area (Å²) in [5.74, 6) is 0. The summed E-state index contributed by atoms with van der Waals surface area (Å²) in [4.78, 5) is 0. The van der Waals surface area contributed by atoms with Crippen LogP contribution in [0.4, 0.5) is 0 Å². The first-order valence-electron chi connectivity index (χ1n) is 5.78. The zero-order chi connectivity index (χ0) is 11.5. The summed E-state index contributed by atoms with van der Waals surface area (Å²) in [6.07, 6.45) is 1.26. The molecular weight excluding hydrogens is 196 g/mol. The van der Waals surface area contributed by atoms with Crippen LogP contribution in [0.1, 0.15) is 31.9 Å². The third kappa shape index (κ3) is 4.21. The topological polar surface area (TPSA) is 0 Å². The van der Waals surface area contributed by atoms with E-state index in [0.29, 0.717) is 0 Å². The van der Waals surface area contributed by atoms with E-state index < -0.39 is 0 Å². The largest absolute Gasteiger partial charge is 0.0713 e. The van der Waals surface area contributed by atoms with Crippen molar-refractivity contribution in [1.82, 2.24) is 0 Å². The minimum Gasteiger partial charge on any atom is -0.0713 e. The lowest BCUT2D eigenvalue weighted by Gasteiger charge is -2.19. The third-order valence-electron chi connectivity index (χ3n) is 2.73. The van der Waals surface area contributed by atoms with Crippen molar-refractivity contribution in [1.29, 1.82) is 0 Å². The van der Waals surface area contributed by atoms with Crippen molar-refractivity contribution in [3.05, 3.63) is 35.4 Å². The van der Waals surface area contributed by atoms with Crippen LogP contribution in [0.3, 0.4) is 0 Å². The van der Waals surface area contributed by atoms with Gasteiger partial charge in [0, 0.05) is 8.80 Å². The van der Waals surface area contributed by atoms with Crippen molar-refractivity contribution in [2.45, 2.75) is 51.7 Å². The van der Waals surface area contributed by atoms with Crippen molar-refractivity contribution >= 4 is 8.80 Å². The van der Waals surface area contributed by atoms with E-state index in [2.05, 4.69) is 58.1 Å². The molecule has 0 aliphatic heterocycles. The summed E-state index contributed by atoms with van der Waals surface area (Å²) in [7, 11) is -0.0703. The molecular formula is C14H23Si. The van der Waals surface area contributed by atoms with Crippen LogP contribution in [0, 0.1) is 0 Å². The fraction of sp³-hybridized carbons (Fsp3) is 0.571. The van der Waals surface area contributed by atoms with E-state index in [4.69, 9.17) is 0 Å². The molecule has 0 saturated carbocycles. The molecule has 0 amide bonds. The van der Waals surface area contributed by atoms with Crippen LogP contribution in [0.5, 0.6) is 0 Å². The fourth-order valence-corrected chi connectivity index (χ4v) is 2.35. The first-order valence-corrected chi connectivity index (χ1v) is 8.49. The molecule has 83 valence electrons. The predicted molar refractivity (Wildman–Crippen MR) is 71.1 cm³/mol. The van der Waals surface area contributed by atoms with Gasteiger partial charge in [-0.25, -0.2) is 0 Å². The molecule has 1 aromatic rings. The number of aryl methyl sites for hydroxylation is 1. The first kappa shape index (κ1) is 12.5. The Morgan fingerprint density at radius 2 is 1.53 bits per heavy atom. The molecule has 1 rings (SSSR count). The standard InChI is InChI=1S/C14H23Si/c1-14(2,3)13-8-6-12(7-9-13)10-11-15(4)5/h6-9H,10-11H2,1-5H3. The molecule has 0 bridgehead atoms. The quantitative estimate of drug-likeness (QED) is 0.666. The normalized spacial score (nSPS) is 12.1. The Kier molecular flexibility index (Phi) is 4.15. The van der Waals surface area contributed by atoms with Crippen molar-refractivity contribution in [3.63, 3.8) is 0 Å². The highest BCUT2D eigenvalue weighted by Crippen LogP contribution is 2.22. The Labute approximate surface area is 96.3 Å². The zero-order valence-corrected chi connectivity index (χ0v) is 11.7. The number of rotatable bonds is 3. The second-order valence-electron chi connectivity index (χ2n) is 5.65. The monoisotopic (exact) mass is 219 g/mol. The molecule has 1 heteroatoms. The Morgan fingerprint density at radius 1 is 1.00 bits per heavy atom. The summed E-state index contributed by atoms with van der Waals surface area (Å²) in [6, 6.07) is 10.6. The lowest BCUT2D eigenvalue weighted by molar-refractivity contribution is 0.590. The Morgan fingerprint density at radius 3 is 1.93 bits per heavy atom. The third-order valence-corrected chi connectivity index (χ3v) is 3.98. The van der Waals surface area contributed by atoms with Crippen LogP contribution in [-0.2, 0) is 11.8 Å². The zero-order valence-electron chi connectivity index (χ0n) is 10.7. The lowest BCUT2D eigenvalue weighted by atomic mass is 9.86.